The van der Waals surface area contributed by atoms with Crippen LogP contribution in [0.4, 0.5) is 0 Å². The van der Waals surface area contributed by atoms with Gasteiger partial charge in [0.25, 0.3) is 0 Å². The third kappa shape index (κ3) is 5.33. The van der Waals surface area contributed by atoms with Gasteiger partial charge in [0.1, 0.15) is 0 Å². The molecule has 0 aliphatic rings. The molecule has 0 fully saturated rings. The molecule has 1 rings (SSSR count). The standard InChI is InChI=1S/C17H29NO/c1-14-8-9-16(17(2,3)4)12-15(14)13-18(5)10-6-7-11-19/h8-9,12,19H,6-7,10-11,13H2,1-5H3. The van der Waals surface area contributed by atoms with Gasteiger partial charge in [-0.15, -0.1) is 0 Å². The van der Waals surface area contributed by atoms with E-state index in [2.05, 4.69) is 57.8 Å². The van der Waals surface area contributed by atoms with Crippen LogP contribution in [0.3, 0.4) is 0 Å². The second kappa shape index (κ2) is 7.06. The van der Waals surface area contributed by atoms with E-state index in [1.165, 1.54) is 16.7 Å². The highest BCUT2D eigenvalue weighted by Gasteiger charge is 2.15. The molecule has 0 radical (unpaired) electrons. The molecule has 0 atom stereocenters. The van der Waals surface area contributed by atoms with Crippen molar-refractivity contribution in [2.45, 2.75) is 52.5 Å². The summed E-state index contributed by atoms with van der Waals surface area (Å²) in [6.07, 6.45) is 1.95. The summed E-state index contributed by atoms with van der Waals surface area (Å²) in [4.78, 5) is 2.34. The highest BCUT2D eigenvalue weighted by molar-refractivity contribution is 5.34. The molecule has 0 bridgehead atoms. The fraction of sp³-hybridized carbons (Fsp3) is 0.647. The van der Waals surface area contributed by atoms with Gasteiger partial charge in [0, 0.05) is 13.2 Å². The molecule has 19 heavy (non-hydrogen) atoms. The lowest BCUT2D eigenvalue weighted by atomic mass is 9.85. The van der Waals surface area contributed by atoms with E-state index in [1.807, 2.05) is 0 Å². The van der Waals surface area contributed by atoms with Crippen LogP contribution < -0.4 is 0 Å². The average molecular weight is 263 g/mol. The normalized spacial score (nSPS) is 12.2. The van der Waals surface area contributed by atoms with Crippen LogP contribution in [0.25, 0.3) is 0 Å². The molecule has 108 valence electrons. The second-order valence-electron chi connectivity index (χ2n) is 6.56. The van der Waals surface area contributed by atoms with Gasteiger partial charge in [0.15, 0.2) is 0 Å². The first kappa shape index (κ1) is 16.2. The maximum absolute atomic E-state index is 8.82. The lowest BCUT2D eigenvalue weighted by Gasteiger charge is -2.23. The molecule has 0 aromatic heterocycles. The summed E-state index contributed by atoms with van der Waals surface area (Å²) in [7, 11) is 2.15. The van der Waals surface area contributed by atoms with Crippen molar-refractivity contribution < 1.29 is 5.11 Å². The summed E-state index contributed by atoms with van der Waals surface area (Å²) in [5.74, 6) is 0. The molecular formula is C17H29NO. The summed E-state index contributed by atoms with van der Waals surface area (Å²) >= 11 is 0. The molecule has 0 saturated carbocycles. The molecule has 2 heteroatoms. The third-order valence-electron chi connectivity index (χ3n) is 3.60. The second-order valence-corrected chi connectivity index (χ2v) is 6.56. The van der Waals surface area contributed by atoms with E-state index in [1.54, 1.807) is 0 Å². The largest absolute Gasteiger partial charge is 0.396 e. The number of hydrogen-bond acceptors (Lipinski definition) is 2. The summed E-state index contributed by atoms with van der Waals surface area (Å²) in [6, 6.07) is 6.82. The van der Waals surface area contributed by atoms with Crippen molar-refractivity contribution in [3.8, 4) is 0 Å². The predicted octanol–water partition coefficient (Wildman–Crippen LogP) is 3.50. The number of unbranched alkanes of at least 4 members (excludes halogenated alkanes) is 1. The summed E-state index contributed by atoms with van der Waals surface area (Å²) in [5, 5.41) is 8.82. The first-order valence-corrected chi connectivity index (χ1v) is 7.24. The molecule has 0 heterocycles. The van der Waals surface area contributed by atoms with Gasteiger partial charge < -0.3 is 10.0 Å². The Bertz CT molecular complexity index is 393. The van der Waals surface area contributed by atoms with Crippen LogP contribution >= 0.6 is 0 Å². The molecule has 0 unspecified atom stereocenters. The minimum Gasteiger partial charge on any atom is -0.396 e. The van der Waals surface area contributed by atoms with Crippen LogP contribution in [0, 0.1) is 6.92 Å². The summed E-state index contributed by atoms with van der Waals surface area (Å²) in [5.41, 5.74) is 4.38. The van der Waals surface area contributed by atoms with Gasteiger partial charge in [-0.3, -0.25) is 0 Å². The van der Waals surface area contributed by atoms with E-state index in [9.17, 15) is 0 Å². The quantitative estimate of drug-likeness (QED) is 0.794. The molecule has 0 aliphatic heterocycles. The monoisotopic (exact) mass is 263 g/mol. The van der Waals surface area contributed by atoms with Crippen molar-refractivity contribution in [1.82, 2.24) is 4.90 Å². The number of nitrogens with zero attached hydrogens (tertiary/aromatic N) is 1. The SMILES string of the molecule is Cc1ccc(C(C)(C)C)cc1CN(C)CCCCO. The minimum atomic E-state index is 0.206. The van der Waals surface area contributed by atoms with Gasteiger partial charge in [-0.05, 0) is 55.5 Å². The van der Waals surface area contributed by atoms with Crippen molar-refractivity contribution in [3.05, 3.63) is 34.9 Å². The lowest BCUT2D eigenvalue weighted by molar-refractivity contribution is 0.261. The molecule has 0 spiro atoms. The predicted molar refractivity (Wildman–Crippen MR) is 82.5 cm³/mol. The van der Waals surface area contributed by atoms with E-state index >= 15 is 0 Å². The van der Waals surface area contributed by atoms with E-state index < -0.39 is 0 Å². The Kier molecular flexibility index (Phi) is 6.02. The van der Waals surface area contributed by atoms with E-state index in [0.29, 0.717) is 6.61 Å². The molecule has 1 N–H and O–H groups in total. The van der Waals surface area contributed by atoms with Gasteiger partial charge in [0.2, 0.25) is 0 Å². The molecule has 0 saturated heterocycles. The van der Waals surface area contributed by atoms with Gasteiger partial charge in [-0.2, -0.15) is 0 Å². The Morgan fingerprint density at radius 2 is 1.84 bits per heavy atom. The highest BCUT2D eigenvalue weighted by Crippen LogP contribution is 2.25. The van der Waals surface area contributed by atoms with Crippen LogP contribution in [-0.4, -0.2) is 30.2 Å². The van der Waals surface area contributed by atoms with Crippen LogP contribution in [0.15, 0.2) is 18.2 Å². The number of aliphatic hydroxyl groups is 1. The highest BCUT2D eigenvalue weighted by atomic mass is 16.2. The van der Waals surface area contributed by atoms with E-state index in [0.717, 1.165) is 25.9 Å². The van der Waals surface area contributed by atoms with Crippen molar-refractivity contribution in [1.29, 1.82) is 0 Å². The number of rotatable bonds is 6. The van der Waals surface area contributed by atoms with Crippen molar-refractivity contribution in [2.24, 2.45) is 0 Å². The maximum atomic E-state index is 8.82. The Morgan fingerprint density at radius 1 is 1.16 bits per heavy atom. The number of benzene rings is 1. The zero-order chi connectivity index (χ0) is 14.5. The Hall–Kier alpha value is -0.860. The van der Waals surface area contributed by atoms with Crippen LogP contribution in [0.1, 0.15) is 50.3 Å². The topological polar surface area (TPSA) is 23.5 Å². The molecular weight excluding hydrogens is 234 g/mol. The minimum absolute atomic E-state index is 0.206. The summed E-state index contributed by atoms with van der Waals surface area (Å²) in [6.45, 7) is 11.3. The maximum Gasteiger partial charge on any atom is 0.0431 e. The Labute approximate surface area is 118 Å². The zero-order valence-corrected chi connectivity index (χ0v) is 13.2. The number of aryl methyl sites for hydroxylation is 1. The number of aliphatic hydroxyl groups excluding tert-OH is 1. The van der Waals surface area contributed by atoms with Gasteiger partial charge >= 0.3 is 0 Å². The average Bonchev–Trinajstić information content (AvgIpc) is 2.31. The van der Waals surface area contributed by atoms with Crippen LogP contribution in [0.5, 0.6) is 0 Å². The van der Waals surface area contributed by atoms with Crippen molar-refractivity contribution in [3.63, 3.8) is 0 Å². The lowest BCUT2D eigenvalue weighted by Crippen LogP contribution is -2.20. The van der Waals surface area contributed by atoms with E-state index in [4.69, 9.17) is 5.11 Å². The van der Waals surface area contributed by atoms with Crippen molar-refractivity contribution >= 4 is 0 Å². The first-order valence-electron chi connectivity index (χ1n) is 7.24. The molecule has 1 aromatic carbocycles. The fourth-order valence-corrected chi connectivity index (χ4v) is 2.17. The fourth-order valence-electron chi connectivity index (χ4n) is 2.17. The number of hydrogen-bond donors (Lipinski definition) is 1. The molecule has 2 nitrogen and oxygen atoms in total. The van der Waals surface area contributed by atoms with Crippen LogP contribution in [-0.2, 0) is 12.0 Å². The molecule has 1 aromatic rings. The zero-order valence-electron chi connectivity index (χ0n) is 13.2. The van der Waals surface area contributed by atoms with E-state index in [-0.39, 0.29) is 5.41 Å². The van der Waals surface area contributed by atoms with Crippen molar-refractivity contribution in [2.75, 3.05) is 20.2 Å². The first-order chi connectivity index (χ1) is 8.84. The van der Waals surface area contributed by atoms with Gasteiger partial charge in [0.05, 0.1) is 0 Å². The Morgan fingerprint density at radius 3 is 2.42 bits per heavy atom. The Balaban J connectivity index is 2.71. The van der Waals surface area contributed by atoms with Gasteiger partial charge in [-0.25, -0.2) is 0 Å². The van der Waals surface area contributed by atoms with Gasteiger partial charge in [-0.1, -0.05) is 39.0 Å². The third-order valence-corrected chi connectivity index (χ3v) is 3.60. The smallest absolute Gasteiger partial charge is 0.0431 e. The summed E-state index contributed by atoms with van der Waals surface area (Å²) < 4.78 is 0. The molecule has 0 aliphatic carbocycles. The molecule has 0 amide bonds. The van der Waals surface area contributed by atoms with Crippen LogP contribution in [0.2, 0.25) is 0 Å².